The van der Waals surface area contributed by atoms with E-state index >= 15 is 0 Å². The van der Waals surface area contributed by atoms with E-state index < -0.39 is 0 Å². The third-order valence-corrected chi connectivity index (χ3v) is 0. The van der Waals surface area contributed by atoms with Gasteiger partial charge in [0.2, 0.25) is 0 Å². The van der Waals surface area contributed by atoms with E-state index in [-0.39, 0.29) is 79.5 Å². The zero-order valence-corrected chi connectivity index (χ0v) is 7.33. The molecule has 48 valence electrons. The van der Waals surface area contributed by atoms with Crippen molar-refractivity contribution in [2.45, 2.75) is 0 Å². The Balaban J connectivity index is 0. The molecule has 0 saturated carbocycles. The van der Waals surface area contributed by atoms with Crippen LogP contribution in [0.2, 0.25) is 0 Å². The number of hydrogen-bond donors (Lipinski definition) is 0. The molecule has 8 heteroatoms. The molecule has 0 aliphatic carbocycles. The average molecular weight is 185 g/mol. The largest absolute Gasteiger partial charge is 4.00 e. The van der Waals surface area contributed by atoms with Crippen molar-refractivity contribution in [2.24, 2.45) is 0 Å². The van der Waals surface area contributed by atoms with E-state index in [4.69, 9.17) is 0 Å². The molecule has 8 heavy (non-hydrogen) atoms. The molecule has 0 aromatic rings. The van der Waals surface area contributed by atoms with Gasteiger partial charge < -0.3 is 28.2 Å². The summed E-state index contributed by atoms with van der Waals surface area (Å²) in [5.41, 5.74) is 0. The Hall–Kier alpha value is 1.29. The Bertz CT molecular complexity index is 8.49. The molecule has 0 atom stereocenters. The Morgan fingerprint density at radius 2 is 0.375 bits per heavy atom. The van der Waals surface area contributed by atoms with Crippen molar-refractivity contribution in [3.8, 4) is 0 Å². The van der Waals surface area contributed by atoms with Crippen LogP contribution in [0.4, 0.5) is 0 Å². The normalized spacial score (nSPS) is 0. The molecule has 0 amide bonds. The summed E-state index contributed by atoms with van der Waals surface area (Å²) in [5, 5.41) is 0. The average Bonchev–Trinajstić information content (AvgIpc) is 0. The molecule has 0 aliphatic rings. The first-order chi connectivity index (χ1) is 0. The molecule has 0 rings (SSSR count). The summed E-state index contributed by atoms with van der Waals surface area (Å²) < 4.78 is 0. The van der Waals surface area contributed by atoms with E-state index in [1.54, 1.807) is 0 Å². The van der Waals surface area contributed by atoms with Crippen molar-refractivity contribution in [3.63, 3.8) is 0 Å². The SMILES string of the molecule is [F-].[F-].[F-].[F-].[F-].[F-].[Na+].[Ti+4]. The number of rotatable bonds is 0. The van der Waals surface area contributed by atoms with Crippen molar-refractivity contribution in [2.75, 3.05) is 0 Å². The summed E-state index contributed by atoms with van der Waals surface area (Å²) in [6, 6.07) is 0. The maximum atomic E-state index is 0. The summed E-state index contributed by atoms with van der Waals surface area (Å²) in [6.45, 7) is 0. The predicted molar refractivity (Wildman–Crippen MR) is 0 cm³/mol. The van der Waals surface area contributed by atoms with Gasteiger partial charge in [0.25, 0.3) is 0 Å². The van der Waals surface area contributed by atoms with Crippen molar-refractivity contribution in [3.05, 3.63) is 0 Å². The molecule has 0 unspecified atom stereocenters. The molecule has 0 saturated heterocycles. The Morgan fingerprint density at radius 1 is 0.375 bits per heavy atom. The summed E-state index contributed by atoms with van der Waals surface area (Å²) in [6.07, 6.45) is 0. The molecule has 0 aromatic heterocycles. The van der Waals surface area contributed by atoms with E-state index in [1.807, 2.05) is 0 Å². The van der Waals surface area contributed by atoms with Crippen molar-refractivity contribution >= 4 is 0 Å². The van der Waals surface area contributed by atoms with E-state index in [9.17, 15) is 0 Å². The van der Waals surface area contributed by atoms with Crippen LogP contribution in [0.15, 0.2) is 0 Å². The molecule has 0 fully saturated rings. The zero-order chi connectivity index (χ0) is 0. The van der Waals surface area contributed by atoms with Crippen LogP contribution < -0.4 is 57.8 Å². The van der Waals surface area contributed by atoms with Gasteiger partial charge in [-0.15, -0.1) is 0 Å². The molecular formula is F6NaTi-. The minimum absolute atomic E-state index is 0. The van der Waals surface area contributed by atoms with Crippen LogP contribution in [0.1, 0.15) is 0 Å². The maximum Gasteiger partial charge on any atom is 4.00 e. The second-order valence-corrected chi connectivity index (χ2v) is 0. The Kier molecular flexibility index (Phi) is 12600. The fraction of sp³-hybridized carbons (Fsp3) is 0. The predicted octanol–water partition coefficient (Wildman–Crippen LogP) is -21.0. The van der Waals surface area contributed by atoms with E-state index in [0.29, 0.717) is 0 Å². The molecule has 0 aliphatic heterocycles. The van der Waals surface area contributed by atoms with Crippen LogP contribution in [-0.4, -0.2) is 0 Å². The molecular weight excluding hydrogens is 185 g/mol. The summed E-state index contributed by atoms with van der Waals surface area (Å²) >= 11 is 0. The van der Waals surface area contributed by atoms with Gasteiger partial charge in [-0.05, 0) is 0 Å². The summed E-state index contributed by atoms with van der Waals surface area (Å²) in [4.78, 5) is 0. The number of hydrogen-bond acceptors (Lipinski definition) is 0. The Morgan fingerprint density at radius 3 is 0.375 bits per heavy atom. The minimum Gasteiger partial charge on any atom is -1.00 e. The second-order valence-electron chi connectivity index (χ2n) is 0. The zero-order valence-electron chi connectivity index (χ0n) is 3.77. The molecule has 0 radical (unpaired) electrons. The van der Waals surface area contributed by atoms with Gasteiger partial charge >= 0.3 is 51.3 Å². The quantitative estimate of drug-likeness (QED) is 0.259. The summed E-state index contributed by atoms with van der Waals surface area (Å²) in [7, 11) is 0. The Labute approximate surface area is 79.2 Å². The summed E-state index contributed by atoms with van der Waals surface area (Å²) in [5.74, 6) is 0. The minimum atomic E-state index is 0. The van der Waals surface area contributed by atoms with Crippen molar-refractivity contribution < 1.29 is 79.5 Å². The van der Waals surface area contributed by atoms with Gasteiger partial charge in [0, 0.05) is 0 Å². The van der Waals surface area contributed by atoms with Crippen LogP contribution in [0.25, 0.3) is 0 Å². The van der Waals surface area contributed by atoms with Crippen LogP contribution in [-0.2, 0) is 21.7 Å². The van der Waals surface area contributed by atoms with Crippen LogP contribution >= 0.6 is 0 Å². The molecule has 0 nitrogen and oxygen atoms in total. The van der Waals surface area contributed by atoms with Gasteiger partial charge in [0.1, 0.15) is 0 Å². The first kappa shape index (κ1) is 382. The molecule has 0 aromatic carbocycles. The van der Waals surface area contributed by atoms with Crippen LogP contribution in [0, 0.1) is 0 Å². The van der Waals surface area contributed by atoms with E-state index in [2.05, 4.69) is 0 Å². The molecule has 0 spiro atoms. The fourth-order valence-corrected chi connectivity index (χ4v) is 0. The topological polar surface area (TPSA) is 0 Å². The van der Waals surface area contributed by atoms with Crippen LogP contribution in [0.3, 0.4) is 0 Å². The van der Waals surface area contributed by atoms with Crippen molar-refractivity contribution in [1.82, 2.24) is 0 Å². The first-order valence-corrected chi connectivity index (χ1v) is 0. The van der Waals surface area contributed by atoms with Gasteiger partial charge in [-0.3, -0.25) is 0 Å². The molecule has 0 N–H and O–H groups in total. The molecule has 0 bridgehead atoms. The third kappa shape index (κ3) is 173. The van der Waals surface area contributed by atoms with Crippen LogP contribution in [0.5, 0.6) is 0 Å². The first-order valence-electron chi connectivity index (χ1n) is 0. The van der Waals surface area contributed by atoms with E-state index in [0.717, 1.165) is 0 Å². The van der Waals surface area contributed by atoms with Gasteiger partial charge in [0.15, 0.2) is 0 Å². The fourth-order valence-electron chi connectivity index (χ4n) is 0. The van der Waals surface area contributed by atoms with Gasteiger partial charge in [-0.25, -0.2) is 0 Å². The second kappa shape index (κ2) is 263. The van der Waals surface area contributed by atoms with E-state index in [1.165, 1.54) is 0 Å². The van der Waals surface area contributed by atoms with Gasteiger partial charge in [0.05, 0.1) is 0 Å². The smallest absolute Gasteiger partial charge is 1.00 e. The van der Waals surface area contributed by atoms with Gasteiger partial charge in [-0.2, -0.15) is 0 Å². The van der Waals surface area contributed by atoms with Gasteiger partial charge in [-0.1, -0.05) is 0 Å². The number of halogens is 6. The standard InChI is InChI=1S/6FH.Na.Ti/h6*1H;;/q;;;;;;+1;+4/p-6. The monoisotopic (exact) mass is 185 g/mol. The van der Waals surface area contributed by atoms with Crippen molar-refractivity contribution in [1.29, 1.82) is 0 Å². The molecule has 0 heterocycles. The maximum absolute atomic E-state index is 0. The third-order valence-electron chi connectivity index (χ3n) is 0.